The van der Waals surface area contributed by atoms with Gasteiger partial charge in [0.15, 0.2) is 11.5 Å². The largest absolute Gasteiger partial charge is 0.493 e. The molecule has 0 aliphatic carbocycles. The fraction of sp³-hybridized carbons (Fsp3) is 0.304. The Morgan fingerprint density at radius 2 is 1.53 bits per heavy atom. The topological polar surface area (TPSA) is 84.2 Å². The van der Waals surface area contributed by atoms with Gasteiger partial charge in [-0.3, -0.25) is 4.79 Å². The van der Waals surface area contributed by atoms with Gasteiger partial charge < -0.3 is 23.4 Å². The first kappa shape index (κ1) is 21.2. The Morgan fingerprint density at radius 3 is 2.13 bits per heavy atom. The molecular formula is C23H24O7. The number of aryl methyl sites for hydroxylation is 2. The maximum absolute atomic E-state index is 12.4. The van der Waals surface area contributed by atoms with Crippen molar-refractivity contribution in [3.05, 3.63) is 63.0 Å². The van der Waals surface area contributed by atoms with Gasteiger partial charge in [-0.1, -0.05) is 0 Å². The maximum atomic E-state index is 12.4. The van der Waals surface area contributed by atoms with E-state index in [1.165, 1.54) is 27.4 Å². The predicted octanol–water partition coefficient (Wildman–Crippen LogP) is 3.72. The number of benzene rings is 2. The maximum Gasteiger partial charge on any atom is 0.336 e. The molecule has 1 aromatic heterocycles. The first-order chi connectivity index (χ1) is 14.4. The molecule has 0 amide bonds. The van der Waals surface area contributed by atoms with E-state index < -0.39 is 11.6 Å². The SMILES string of the molecule is COc1cc(CC(=O)OCc2cc(=O)oc3cc(C)c(C)cc23)cc(OC)c1OC. The van der Waals surface area contributed by atoms with E-state index in [0.29, 0.717) is 34.0 Å². The van der Waals surface area contributed by atoms with Gasteiger partial charge in [-0.2, -0.15) is 0 Å². The van der Waals surface area contributed by atoms with Crippen molar-refractivity contribution in [2.24, 2.45) is 0 Å². The van der Waals surface area contributed by atoms with Crippen LogP contribution in [0.15, 0.2) is 39.5 Å². The van der Waals surface area contributed by atoms with Crippen LogP contribution in [0.1, 0.15) is 22.3 Å². The van der Waals surface area contributed by atoms with Crippen molar-refractivity contribution >= 4 is 16.9 Å². The quantitative estimate of drug-likeness (QED) is 0.432. The molecule has 0 unspecified atom stereocenters. The Kier molecular flexibility index (Phi) is 6.30. The summed E-state index contributed by atoms with van der Waals surface area (Å²) in [6.45, 7) is 3.88. The van der Waals surface area contributed by atoms with Gasteiger partial charge in [0.05, 0.1) is 27.8 Å². The van der Waals surface area contributed by atoms with Crippen LogP contribution >= 0.6 is 0 Å². The summed E-state index contributed by atoms with van der Waals surface area (Å²) < 4.78 is 26.6. The third-order valence-corrected chi connectivity index (χ3v) is 4.91. The highest BCUT2D eigenvalue weighted by molar-refractivity contribution is 5.82. The molecule has 7 nitrogen and oxygen atoms in total. The van der Waals surface area contributed by atoms with Gasteiger partial charge in [0, 0.05) is 17.0 Å². The molecule has 0 spiro atoms. The average molecular weight is 412 g/mol. The normalized spacial score (nSPS) is 10.7. The van der Waals surface area contributed by atoms with Crippen molar-refractivity contribution in [2.45, 2.75) is 26.9 Å². The van der Waals surface area contributed by atoms with Crippen LogP contribution in [0, 0.1) is 13.8 Å². The van der Waals surface area contributed by atoms with Crippen LogP contribution in [0.5, 0.6) is 17.2 Å². The summed E-state index contributed by atoms with van der Waals surface area (Å²) in [6.07, 6.45) is 0.00816. The zero-order chi connectivity index (χ0) is 21.8. The Hall–Kier alpha value is -3.48. The van der Waals surface area contributed by atoms with Crippen LogP contribution in [-0.4, -0.2) is 27.3 Å². The molecule has 0 saturated carbocycles. The van der Waals surface area contributed by atoms with E-state index in [2.05, 4.69) is 0 Å². The molecule has 0 radical (unpaired) electrons. The van der Waals surface area contributed by atoms with E-state index in [4.69, 9.17) is 23.4 Å². The highest BCUT2D eigenvalue weighted by Crippen LogP contribution is 2.38. The van der Waals surface area contributed by atoms with Gasteiger partial charge >= 0.3 is 11.6 Å². The Labute approximate surface area is 174 Å². The van der Waals surface area contributed by atoms with Gasteiger partial charge in [-0.05, 0) is 54.8 Å². The predicted molar refractivity (Wildman–Crippen MR) is 112 cm³/mol. The molecule has 0 N–H and O–H groups in total. The van der Waals surface area contributed by atoms with Crippen LogP contribution in [0.3, 0.4) is 0 Å². The van der Waals surface area contributed by atoms with E-state index in [1.807, 2.05) is 26.0 Å². The molecule has 30 heavy (non-hydrogen) atoms. The number of ether oxygens (including phenoxy) is 4. The molecule has 1 heterocycles. The van der Waals surface area contributed by atoms with Crippen LogP contribution < -0.4 is 19.8 Å². The molecule has 7 heteroatoms. The second-order valence-corrected chi connectivity index (χ2v) is 6.89. The first-order valence-corrected chi connectivity index (χ1v) is 9.34. The molecule has 3 rings (SSSR count). The van der Waals surface area contributed by atoms with Gasteiger partial charge in [-0.25, -0.2) is 4.79 Å². The van der Waals surface area contributed by atoms with Crippen molar-refractivity contribution < 1.29 is 28.2 Å². The number of fused-ring (bicyclic) bond motifs is 1. The van der Waals surface area contributed by atoms with E-state index in [9.17, 15) is 9.59 Å². The molecule has 2 aromatic carbocycles. The first-order valence-electron chi connectivity index (χ1n) is 9.34. The fourth-order valence-corrected chi connectivity index (χ4v) is 3.22. The monoisotopic (exact) mass is 412 g/mol. The average Bonchev–Trinajstić information content (AvgIpc) is 2.72. The molecule has 0 atom stereocenters. The summed E-state index contributed by atoms with van der Waals surface area (Å²) in [5.74, 6) is 0.911. The number of hydrogen-bond donors (Lipinski definition) is 0. The van der Waals surface area contributed by atoms with E-state index in [-0.39, 0.29) is 13.0 Å². The lowest BCUT2D eigenvalue weighted by Gasteiger charge is -2.14. The van der Waals surface area contributed by atoms with Crippen LogP contribution in [0.25, 0.3) is 11.0 Å². The molecule has 0 saturated heterocycles. The lowest BCUT2D eigenvalue weighted by Crippen LogP contribution is -2.10. The number of hydrogen-bond acceptors (Lipinski definition) is 7. The van der Waals surface area contributed by atoms with Crippen LogP contribution in [0.4, 0.5) is 0 Å². The van der Waals surface area contributed by atoms with E-state index in [1.54, 1.807) is 12.1 Å². The summed E-state index contributed by atoms with van der Waals surface area (Å²) in [7, 11) is 4.53. The molecule has 3 aromatic rings. The summed E-state index contributed by atoms with van der Waals surface area (Å²) in [4.78, 5) is 24.3. The molecule has 0 fully saturated rings. The van der Waals surface area contributed by atoms with Gasteiger partial charge in [0.25, 0.3) is 0 Å². The Morgan fingerprint density at radius 1 is 0.900 bits per heavy atom. The number of methoxy groups -OCH3 is 3. The Bertz CT molecular complexity index is 1120. The van der Waals surface area contributed by atoms with Crippen LogP contribution in [-0.2, 0) is 22.6 Å². The van der Waals surface area contributed by atoms with E-state index in [0.717, 1.165) is 16.5 Å². The molecule has 0 bridgehead atoms. The number of rotatable bonds is 7. The second-order valence-electron chi connectivity index (χ2n) is 6.89. The van der Waals surface area contributed by atoms with Crippen molar-refractivity contribution in [1.29, 1.82) is 0 Å². The highest BCUT2D eigenvalue weighted by atomic mass is 16.5. The van der Waals surface area contributed by atoms with E-state index >= 15 is 0 Å². The van der Waals surface area contributed by atoms with Crippen LogP contribution in [0.2, 0.25) is 0 Å². The summed E-state index contributed by atoms with van der Waals surface area (Å²) >= 11 is 0. The third kappa shape index (κ3) is 4.40. The zero-order valence-corrected chi connectivity index (χ0v) is 17.7. The van der Waals surface area contributed by atoms with Crippen molar-refractivity contribution in [2.75, 3.05) is 21.3 Å². The van der Waals surface area contributed by atoms with Crippen molar-refractivity contribution in [1.82, 2.24) is 0 Å². The summed E-state index contributed by atoms with van der Waals surface area (Å²) in [6, 6.07) is 8.48. The zero-order valence-electron chi connectivity index (χ0n) is 17.7. The molecule has 0 aliphatic heterocycles. The molecule has 0 aliphatic rings. The minimum absolute atomic E-state index is 0.00816. The second kappa shape index (κ2) is 8.90. The lowest BCUT2D eigenvalue weighted by molar-refractivity contribution is -0.144. The fourth-order valence-electron chi connectivity index (χ4n) is 3.22. The minimum Gasteiger partial charge on any atom is -0.493 e. The minimum atomic E-state index is -0.485. The van der Waals surface area contributed by atoms with Gasteiger partial charge in [-0.15, -0.1) is 0 Å². The number of esters is 1. The lowest BCUT2D eigenvalue weighted by atomic mass is 10.0. The summed E-state index contributed by atoms with van der Waals surface area (Å²) in [5, 5.41) is 0.748. The third-order valence-electron chi connectivity index (χ3n) is 4.91. The number of carbonyl (C=O) groups is 1. The number of carbonyl (C=O) groups excluding carboxylic acids is 1. The van der Waals surface area contributed by atoms with Crippen molar-refractivity contribution in [3.8, 4) is 17.2 Å². The molecule has 158 valence electrons. The van der Waals surface area contributed by atoms with Gasteiger partial charge in [0.2, 0.25) is 5.75 Å². The standard InChI is InChI=1S/C23H24O7/c1-13-6-17-16(11-22(25)30-18(17)7-14(13)2)12-29-21(24)10-15-8-19(26-3)23(28-5)20(9-15)27-4/h6-9,11H,10,12H2,1-5H3. The molecular weight excluding hydrogens is 388 g/mol. The smallest absolute Gasteiger partial charge is 0.336 e. The van der Waals surface area contributed by atoms with Crippen molar-refractivity contribution in [3.63, 3.8) is 0 Å². The van der Waals surface area contributed by atoms with Gasteiger partial charge in [0.1, 0.15) is 12.2 Å². The Balaban J connectivity index is 1.80. The summed E-state index contributed by atoms with van der Waals surface area (Å²) in [5.41, 5.74) is 3.31. The highest BCUT2D eigenvalue weighted by Gasteiger charge is 2.16.